The van der Waals surface area contributed by atoms with Crippen LogP contribution in [-0.2, 0) is 0 Å². The van der Waals surface area contributed by atoms with E-state index in [0.29, 0.717) is 38.8 Å². The van der Waals surface area contributed by atoms with Gasteiger partial charge in [-0.05, 0) is 24.3 Å². The zero-order valence-electron chi connectivity index (χ0n) is 12.9. The third-order valence-electron chi connectivity index (χ3n) is 3.42. The number of pyridine rings is 1. The second-order valence-electron chi connectivity index (χ2n) is 5.23. The van der Waals surface area contributed by atoms with Crippen LogP contribution in [0, 0.1) is 0 Å². The maximum atomic E-state index is 12.6. The number of benzene rings is 2. The summed E-state index contributed by atoms with van der Waals surface area (Å²) < 4.78 is 37.4. The molecule has 7 heteroatoms. The van der Waals surface area contributed by atoms with Gasteiger partial charge < -0.3 is 5.32 Å². The summed E-state index contributed by atoms with van der Waals surface area (Å²) in [6.07, 6.45) is -2.75. The number of halogens is 3. The first-order valence-electron chi connectivity index (χ1n) is 7.38. The molecule has 3 aromatic rings. The molecule has 25 heavy (non-hydrogen) atoms. The summed E-state index contributed by atoms with van der Waals surface area (Å²) in [7, 11) is 0. The van der Waals surface area contributed by atoms with Gasteiger partial charge in [0.15, 0.2) is 0 Å². The van der Waals surface area contributed by atoms with Gasteiger partial charge in [0.25, 0.3) is 5.91 Å². The number of thioether (sulfide) groups is 1. The van der Waals surface area contributed by atoms with E-state index in [9.17, 15) is 18.0 Å². The van der Waals surface area contributed by atoms with E-state index in [1.54, 1.807) is 48.5 Å². The first kappa shape index (κ1) is 17.3. The molecule has 2 aromatic carbocycles. The fourth-order valence-electron chi connectivity index (χ4n) is 2.34. The summed E-state index contributed by atoms with van der Waals surface area (Å²) in [6.45, 7) is 0. The first-order chi connectivity index (χ1) is 11.9. The van der Waals surface area contributed by atoms with Crippen LogP contribution in [0.15, 0.2) is 65.7 Å². The molecule has 0 radical (unpaired) electrons. The molecule has 0 aliphatic rings. The molecule has 0 spiro atoms. The van der Waals surface area contributed by atoms with Crippen LogP contribution in [0.3, 0.4) is 0 Å². The molecule has 1 amide bonds. The predicted molar refractivity (Wildman–Crippen MR) is 92.9 cm³/mol. The number of hydrogen-bond acceptors (Lipinski definition) is 3. The highest BCUT2D eigenvalue weighted by Gasteiger charge is 2.27. The van der Waals surface area contributed by atoms with Gasteiger partial charge in [-0.15, -0.1) is 11.8 Å². The van der Waals surface area contributed by atoms with Crippen LogP contribution in [0.25, 0.3) is 10.9 Å². The number of nitrogens with zero attached hydrogens (tertiary/aromatic N) is 1. The van der Waals surface area contributed by atoms with Gasteiger partial charge >= 0.3 is 6.18 Å². The summed E-state index contributed by atoms with van der Waals surface area (Å²) in [4.78, 5) is 17.2. The van der Waals surface area contributed by atoms with Gasteiger partial charge in [0.05, 0.1) is 22.5 Å². The third-order valence-corrected chi connectivity index (χ3v) is 4.56. The molecule has 128 valence electrons. The van der Waals surface area contributed by atoms with Crippen molar-refractivity contribution in [3.05, 3.63) is 66.4 Å². The van der Waals surface area contributed by atoms with Gasteiger partial charge in [-0.3, -0.25) is 9.78 Å². The van der Waals surface area contributed by atoms with Crippen LogP contribution in [0.1, 0.15) is 10.4 Å². The Bertz CT molecular complexity index is 907. The van der Waals surface area contributed by atoms with Crippen molar-refractivity contribution in [2.45, 2.75) is 11.1 Å². The lowest BCUT2D eigenvalue weighted by Gasteiger charge is -2.12. The minimum absolute atomic E-state index is 0.350. The van der Waals surface area contributed by atoms with E-state index in [1.165, 1.54) is 6.20 Å². The number of aromatic nitrogens is 1. The van der Waals surface area contributed by atoms with E-state index in [0.717, 1.165) is 0 Å². The normalized spacial score (nSPS) is 11.5. The van der Waals surface area contributed by atoms with E-state index in [-0.39, 0.29) is 0 Å². The molecule has 0 saturated carbocycles. The van der Waals surface area contributed by atoms with Gasteiger partial charge in [0, 0.05) is 16.5 Å². The van der Waals surface area contributed by atoms with E-state index in [2.05, 4.69) is 10.3 Å². The Kier molecular flexibility index (Phi) is 4.94. The molecule has 0 saturated heterocycles. The Morgan fingerprint density at radius 2 is 1.76 bits per heavy atom. The maximum absolute atomic E-state index is 12.6. The average Bonchev–Trinajstić information content (AvgIpc) is 2.59. The van der Waals surface area contributed by atoms with Crippen molar-refractivity contribution in [1.82, 2.24) is 4.98 Å². The van der Waals surface area contributed by atoms with E-state index < -0.39 is 17.8 Å². The van der Waals surface area contributed by atoms with Crippen LogP contribution in [0.5, 0.6) is 0 Å². The fraction of sp³-hybridized carbons (Fsp3) is 0.111. The molecule has 1 aromatic heterocycles. The van der Waals surface area contributed by atoms with E-state index in [4.69, 9.17) is 0 Å². The van der Waals surface area contributed by atoms with Crippen LogP contribution in [-0.4, -0.2) is 22.8 Å². The summed E-state index contributed by atoms with van der Waals surface area (Å²) in [6, 6.07) is 15.2. The minimum atomic E-state index is -4.27. The molecule has 1 N–H and O–H groups in total. The van der Waals surface area contributed by atoms with Crippen molar-refractivity contribution >= 4 is 34.3 Å². The Hall–Kier alpha value is -2.54. The number of carbonyl (C=O) groups is 1. The lowest BCUT2D eigenvalue weighted by Crippen LogP contribution is -2.14. The largest absolute Gasteiger partial charge is 0.398 e. The monoisotopic (exact) mass is 362 g/mol. The molecular formula is C18H13F3N2OS. The number of amides is 1. The third kappa shape index (κ3) is 4.30. The number of para-hydroxylation sites is 2. The number of rotatable bonds is 4. The fourth-order valence-corrected chi connectivity index (χ4v) is 3.11. The molecule has 0 bridgehead atoms. The van der Waals surface area contributed by atoms with Gasteiger partial charge in [0.1, 0.15) is 0 Å². The lowest BCUT2D eigenvalue weighted by molar-refractivity contribution is -0.105. The van der Waals surface area contributed by atoms with E-state index >= 15 is 0 Å². The molecular weight excluding hydrogens is 349 g/mol. The van der Waals surface area contributed by atoms with Gasteiger partial charge in [-0.1, -0.05) is 30.3 Å². The van der Waals surface area contributed by atoms with Crippen molar-refractivity contribution in [3.8, 4) is 0 Å². The highest BCUT2D eigenvalue weighted by Crippen LogP contribution is 2.32. The topological polar surface area (TPSA) is 42.0 Å². The second kappa shape index (κ2) is 7.14. The molecule has 1 heterocycles. The number of hydrogen-bond donors (Lipinski definition) is 1. The number of anilines is 1. The zero-order valence-corrected chi connectivity index (χ0v) is 13.7. The molecule has 0 atom stereocenters. The Morgan fingerprint density at radius 1 is 1.04 bits per heavy atom. The van der Waals surface area contributed by atoms with Crippen LogP contribution < -0.4 is 5.32 Å². The zero-order chi connectivity index (χ0) is 17.9. The summed E-state index contributed by atoms with van der Waals surface area (Å²) in [5, 5.41) is 3.38. The maximum Gasteiger partial charge on any atom is 0.398 e. The lowest BCUT2D eigenvalue weighted by atomic mass is 10.1. The number of carbonyl (C=O) groups excluding carboxylic acids is 1. The van der Waals surface area contributed by atoms with Gasteiger partial charge in [-0.25, -0.2) is 0 Å². The van der Waals surface area contributed by atoms with Crippen LogP contribution in [0.2, 0.25) is 0 Å². The number of nitrogens with one attached hydrogen (secondary N) is 1. The molecule has 3 nitrogen and oxygen atoms in total. The minimum Gasteiger partial charge on any atom is -0.321 e. The smallest absolute Gasteiger partial charge is 0.321 e. The highest BCUT2D eigenvalue weighted by atomic mass is 32.2. The molecule has 0 fully saturated rings. The summed E-state index contributed by atoms with van der Waals surface area (Å²) in [5.41, 5.74) is 1.44. The van der Waals surface area contributed by atoms with Crippen molar-refractivity contribution in [3.63, 3.8) is 0 Å². The Labute approximate surface area is 146 Å². The summed E-state index contributed by atoms with van der Waals surface area (Å²) >= 11 is 0.643. The quantitative estimate of drug-likeness (QED) is 0.653. The average molecular weight is 362 g/mol. The number of fused-ring (bicyclic) bond motifs is 1. The van der Waals surface area contributed by atoms with Crippen molar-refractivity contribution in [2.24, 2.45) is 0 Å². The van der Waals surface area contributed by atoms with Gasteiger partial charge in [-0.2, -0.15) is 13.2 Å². The van der Waals surface area contributed by atoms with Crippen LogP contribution >= 0.6 is 11.8 Å². The second-order valence-corrected chi connectivity index (χ2v) is 6.25. The molecule has 3 rings (SSSR count). The van der Waals surface area contributed by atoms with Crippen molar-refractivity contribution < 1.29 is 18.0 Å². The number of alkyl halides is 3. The standard InChI is InChI=1S/C18H13F3N2OS/c19-18(20,21)11-25-16-8-4-3-7-15(16)23-17(24)13-9-10-22-14-6-2-1-5-12(13)14/h1-10H,11H2,(H,23,24). The predicted octanol–water partition coefficient (Wildman–Crippen LogP) is 5.14. The van der Waals surface area contributed by atoms with Crippen molar-refractivity contribution in [1.29, 1.82) is 0 Å². The molecule has 0 unspecified atom stereocenters. The van der Waals surface area contributed by atoms with Crippen LogP contribution in [0.4, 0.5) is 18.9 Å². The molecule has 0 aliphatic heterocycles. The SMILES string of the molecule is O=C(Nc1ccccc1SCC(F)(F)F)c1ccnc2ccccc12. The Morgan fingerprint density at radius 3 is 2.56 bits per heavy atom. The van der Waals surface area contributed by atoms with Crippen molar-refractivity contribution in [2.75, 3.05) is 11.1 Å². The molecule has 0 aliphatic carbocycles. The summed E-state index contributed by atoms with van der Waals surface area (Å²) in [5.74, 6) is -1.41. The van der Waals surface area contributed by atoms with E-state index in [1.807, 2.05) is 6.07 Å². The van der Waals surface area contributed by atoms with Gasteiger partial charge in [0.2, 0.25) is 0 Å². The Balaban J connectivity index is 1.86. The first-order valence-corrected chi connectivity index (χ1v) is 8.36. The highest BCUT2D eigenvalue weighted by molar-refractivity contribution is 7.99.